The summed E-state index contributed by atoms with van der Waals surface area (Å²) >= 11 is 12.3. The topological polar surface area (TPSA) is 22.8 Å². The number of rotatable bonds is 3. The molecule has 0 spiro atoms. The van der Waals surface area contributed by atoms with Crippen LogP contribution in [0.4, 0.5) is 0 Å². The Morgan fingerprint density at radius 1 is 1.25 bits per heavy atom. The Kier molecular flexibility index (Phi) is 3.48. The fourth-order valence-corrected chi connectivity index (χ4v) is 3.00. The first kappa shape index (κ1) is 13.5. The van der Waals surface area contributed by atoms with E-state index in [9.17, 15) is 0 Å². The second kappa shape index (κ2) is 5.15. The largest absolute Gasteiger partial charge is 0.341 e. The Labute approximate surface area is 127 Å². The monoisotopic (exact) mass is 307 g/mol. The molecule has 1 aromatic carbocycles. The molecule has 0 aliphatic carbocycles. The van der Waals surface area contributed by atoms with Crippen molar-refractivity contribution in [3.8, 4) is 0 Å². The maximum atomic E-state index is 6.22. The highest BCUT2D eigenvalue weighted by atomic mass is 35.5. The first-order chi connectivity index (χ1) is 9.56. The maximum absolute atomic E-state index is 6.22. The fourth-order valence-electron chi connectivity index (χ4n) is 2.45. The second-order valence-corrected chi connectivity index (χ2v) is 5.99. The van der Waals surface area contributed by atoms with Gasteiger partial charge in [-0.1, -0.05) is 23.2 Å². The van der Waals surface area contributed by atoms with E-state index >= 15 is 0 Å². The van der Waals surface area contributed by atoms with Crippen LogP contribution in [0.15, 0.2) is 36.9 Å². The lowest BCUT2D eigenvalue weighted by Gasteiger charge is -2.13. The molecule has 0 aliphatic rings. The molecule has 2 heterocycles. The van der Waals surface area contributed by atoms with Gasteiger partial charge in [0.2, 0.25) is 0 Å². The van der Waals surface area contributed by atoms with Crippen molar-refractivity contribution in [2.45, 2.75) is 26.4 Å². The molecule has 0 saturated carbocycles. The van der Waals surface area contributed by atoms with Gasteiger partial charge in [0.1, 0.15) is 0 Å². The van der Waals surface area contributed by atoms with Gasteiger partial charge in [0, 0.05) is 28.8 Å². The summed E-state index contributed by atoms with van der Waals surface area (Å²) in [6.07, 6.45) is 5.80. The van der Waals surface area contributed by atoms with Crippen molar-refractivity contribution >= 4 is 34.1 Å². The van der Waals surface area contributed by atoms with E-state index in [1.807, 2.05) is 30.9 Å². The lowest BCUT2D eigenvalue weighted by molar-refractivity contribution is 0.564. The number of imidazole rings is 1. The molecule has 3 nitrogen and oxygen atoms in total. The van der Waals surface area contributed by atoms with Gasteiger partial charge in [-0.3, -0.25) is 0 Å². The second-order valence-electron chi connectivity index (χ2n) is 5.15. The van der Waals surface area contributed by atoms with E-state index in [0.29, 0.717) is 16.1 Å². The van der Waals surface area contributed by atoms with Gasteiger partial charge in [-0.15, -0.1) is 0 Å². The predicted molar refractivity (Wildman–Crippen MR) is 83.7 cm³/mol. The minimum Gasteiger partial charge on any atom is -0.341 e. The highest BCUT2D eigenvalue weighted by molar-refractivity contribution is 6.38. The normalized spacial score (nSPS) is 11.7. The van der Waals surface area contributed by atoms with E-state index in [2.05, 4.69) is 28.0 Å². The molecule has 5 heteroatoms. The molecule has 0 bridgehead atoms. The molecule has 3 aromatic rings. The summed E-state index contributed by atoms with van der Waals surface area (Å²) in [4.78, 5) is 4.24. The molecule has 0 atom stereocenters. The first-order valence-corrected chi connectivity index (χ1v) is 7.26. The summed E-state index contributed by atoms with van der Waals surface area (Å²) in [5, 5.41) is 2.36. The molecule has 0 unspecified atom stereocenters. The van der Waals surface area contributed by atoms with Crippen LogP contribution >= 0.6 is 23.2 Å². The number of halogens is 2. The van der Waals surface area contributed by atoms with Crippen LogP contribution in [0, 0.1) is 0 Å². The molecular formula is C15H15Cl2N3. The molecule has 3 rings (SSSR count). The number of benzene rings is 1. The number of nitrogens with zero attached hydrogens (tertiary/aromatic N) is 3. The van der Waals surface area contributed by atoms with Crippen molar-refractivity contribution in [2.24, 2.45) is 0 Å². The van der Waals surface area contributed by atoms with Crippen LogP contribution in [0.3, 0.4) is 0 Å². The SMILES string of the molecule is CC(C)n1cncc1Cn1ccc2c(Cl)cc(Cl)cc21. The summed E-state index contributed by atoms with van der Waals surface area (Å²) in [5.74, 6) is 0. The van der Waals surface area contributed by atoms with Crippen molar-refractivity contribution < 1.29 is 0 Å². The molecule has 0 amide bonds. The molecule has 0 aliphatic heterocycles. The Balaban J connectivity index is 2.05. The van der Waals surface area contributed by atoms with Crippen LogP contribution < -0.4 is 0 Å². The number of hydrogen-bond acceptors (Lipinski definition) is 1. The summed E-state index contributed by atoms with van der Waals surface area (Å²) in [7, 11) is 0. The first-order valence-electron chi connectivity index (χ1n) is 6.51. The molecule has 104 valence electrons. The minimum atomic E-state index is 0.390. The third-order valence-electron chi connectivity index (χ3n) is 3.44. The molecule has 2 aromatic heterocycles. The number of hydrogen-bond donors (Lipinski definition) is 0. The zero-order chi connectivity index (χ0) is 14.3. The molecule has 0 N–H and O–H groups in total. The van der Waals surface area contributed by atoms with E-state index in [1.54, 1.807) is 6.07 Å². The van der Waals surface area contributed by atoms with Gasteiger partial charge in [-0.25, -0.2) is 4.98 Å². The van der Waals surface area contributed by atoms with Crippen LogP contribution in [-0.4, -0.2) is 14.1 Å². The smallest absolute Gasteiger partial charge is 0.0951 e. The van der Waals surface area contributed by atoms with E-state index in [4.69, 9.17) is 23.2 Å². The van der Waals surface area contributed by atoms with Crippen molar-refractivity contribution in [2.75, 3.05) is 0 Å². The van der Waals surface area contributed by atoms with Gasteiger partial charge >= 0.3 is 0 Å². The van der Waals surface area contributed by atoms with Gasteiger partial charge in [0.05, 0.1) is 29.1 Å². The van der Waals surface area contributed by atoms with Gasteiger partial charge in [0.15, 0.2) is 0 Å². The summed E-state index contributed by atoms with van der Waals surface area (Å²) in [6, 6.07) is 6.12. The Morgan fingerprint density at radius 3 is 2.80 bits per heavy atom. The molecular weight excluding hydrogens is 293 g/mol. The lowest BCUT2D eigenvalue weighted by atomic mass is 10.2. The van der Waals surface area contributed by atoms with Gasteiger partial charge in [-0.2, -0.15) is 0 Å². The van der Waals surface area contributed by atoms with Crippen molar-refractivity contribution in [1.29, 1.82) is 0 Å². The quantitative estimate of drug-likeness (QED) is 0.683. The summed E-state index contributed by atoms with van der Waals surface area (Å²) in [5.41, 5.74) is 2.20. The van der Waals surface area contributed by atoms with Crippen LogP contribution in [0.2, 0.25) is 10.0 Å². The zero-order valence-electron chi connectivity index (χ0n) is 11.3. The fraction of sp³-hybridized carbons (Fsp3) is 0.267. The van der Waals surface area contributed by atoms with Gasteiger partial charge < -0.3 is 9.13 Å². The number of aromatic nitrogens is 3. The van der Waals surface area contributed by atoms with E-state index in [0.717, 1.165) is 23.1 Å². The third-order valence-corrected chi connectivity index (χ3v) is 3.97. The molecule has 20 heavy (non-hydrogen) atoms. The Hall–Kier alpha value is -1.45. The van der Waals surface area contributed by atoms with Crippen LogP contribution in [0.25, 0.3) is 10.9 Å². The zero-order valence-corrected chi connectivity index (χ0v) is 12.9. The standard InChI is InChI=1S/C15H15Cl2N3/c1-10(2)20-9-18-7-12(20)8-19-4-3-13-14(17)5-11(16)6-15(13)19/h3-7,9-10H,8H2,1-2H3. The summed E-state index contributed by atoms with van der Waals surface area (Å²) < 4.78 is 4.31. The predicted octanol–water partition coefficient (Wildman–Crippen LogP) is 4.77. The van der Waals surface area contributed by atoms with Crippen molar-refractivity contribution in [3.05, 3.63) is 52.7 Å². The molecule has 0 fully saturated rings. The maximum Gasteiger partial charge on any atom is 0.0951 e. The van der Waals surface area contributed by atoms with E-state index in [1.165, 1.54) is 0 Å². The van der Waals surface area contributed by atoms with Crippen LogP contribution in [0.1, 0.15) is 25.6 Å². The van der Waals surface area contributed by atoms with Gasteiger partial charge in [0.25, 0.3) is 0 Å². The third kappa shape index (κ3) is 2.32. The average molecular weight is 308 g/mol. The highest BCUT2D eigenvalue weighted by Gasteiger charge is 2.10. The van der Waals surface area contributed by atoms with Crippen molar-refractivity contribution in [3.63, 3.8) is 0 Å². The Bertz CT molecular complexity index is 756. The average Bonchev–Trinajstić information content (AvgIpc) is 2.97. The van der Waals surface area contributed by atoms with E-state index < -0.39 is 0 Å². The summed E-state index contributed by atoms with van der Waals surface area (Å²) in [6.45, 7) is 5.04. The number of fused-ring (bicyclic) bond motifs is 1. The lowest BCUT2D eigenvalue weighted by Crippen LogP contribution is -2.08. The minimum absolute atomic E-state index is 0.390. The van der Waals surface area contributed by atoms with Crippen molar-refractivity contribution in [1.82, 2.24) is 14.1 Å². The van der Waals surface area contributed by atoms with Crippen LogP contribution in [-0.2, 0) is 6.54 Å². The molecule has 0 saturated heterocycles. The molecule has 0 radical (unpaired) electrons. The Morgan fingerprint density at radius 2 is 2.05 bits per heavy atom. The van der Waals surface area contributed by atoms with Gasteiger partial charge in [-0.05, 0) is 32.0 Å². The highest BCUT2D eigenvalue weighted by Crippen LogP contribution is 2.29. The van der Waals surface area contributed by atoms with E-state index in [-0.39, 0.29) is 0 Å². The van der Waals surface area contributed by atoms with Crippen LogP contribution in [0.5, 0.6) is 0 Å².